The Bertz CT molecular complexity index is 1070. The van der Waals surface area contributed by atoms with Gasteiger partial charge in [0, 0.05) is 12.1 Å². The highest BCUT2D eigenvalue weighted by molar-refractivity contribution is 7.92. The number of ether oxygens (including phenoxy) is 2. The van der Waals surface area contributed by atoms with E-state index in [4.69, 9.17) is 9.47 Å². The SMILES string of the molecule is COc1ccc(S(=O)(=O)N(CC(=O)NC2CCCCCCC2)c2cc(C)cc(C)c2)cc1OC. The zero-order valence-electron chi connectivity index (χ0n) is 20.6. The third-order valence-corrected chi connectivity index (χ3v) is 7.96. The van der Waals surface area contributed by atoms with E-state index in [-0.39, 0.29) is 23.4 Å². The Morgan fingerprint density at radius 3 is 2.09 bits per heavy atom. The van der Waals surface area contributed by atoms with Gasteiger partial charge in [-0.25, -0.2) is 8.42 Å². The molecule has 2 aromatic carbocycles. The Balaban J connectivity index is 1.94. The van der Waals surface area contributed by atoms with Crippen LogP contribution in [-0.4, -0.2) is 41.1 Å². The number of methoxy groups -OCH3 is 2. The first-order valence-electron chi connectivity index (χ1n) is 11.9. The van der Waals surface area contributed by atoms with Gasteiger partial charge in [0.15, 0.2) is 11.5 Å². The van der Waals surface area contributed by atoms with Crippen LogP contribution < -0.4 is 19.1 Å². The lowest BCUT2D eigenvalue weighted by molar-refractivity contribution is -0.120. The molecule has 3 rings (SSSR count). The third-order valence-electron chi connectivity index (χ3n) is 6.19. The summed E-state index contributed by atoms with van der Waals surface area (Å²) in [5, 5.41) is 3.09. The fourth-order valence-electron chi connectivity index (χ4n) is 4.52. The van der Waals surface area contributed by atoms with Crippen LogP contribution in [0.5, 0.6) is 11.5 Å². The predicted molar refractivity (Wildman–Crippen MR) is 134 cm³/mol. The van der Waals surface area contributed by atoms with Crippen molar-refractivity contribution in [1.29, 1.82) is 0 Å². The standard InChI is InChI=1S/C26H36N2O5S/c1-19-14-20(2)16-22(15-19)28(18-26(29)27-21-10-8-6-5-7-9-11-21)34(30,31)23-12-13-24(32-3)25(17-23)33-4/h12-17,21H,5-11,18H2,1-4H3,(H,27,29). The van der Waals surface area contributed by atoms with Gasteiger partial charge in [-0.2, -0.15) is 0 Å². The van der Waals surface area contributed by atoms with Crippen LogP contribution in [0.3, 0.4) is 0 Å². The molecule has 7 nitrogen and oxygen atoms in total. The average Bonchev–Trinajstić information content (AvgIpc) is 2.77. The Kier molecular flexibility index (Phi) is 8.83. The number of nitrogens with one attached hydrogen (secondary N) is 1. The highest BCUT2D eigenvalue weighted by Crippen LogP contribution is 2.32. The van der Waals surface area contributed by atoms with E-state index in [0.29, 0.717) is 17.2 Å². The van der Waals surface area contributed by atoms with Gasteiger partial charge in [-0.15, -0.1) is 0 Å². The molecule has 1 aliphatic rings. The molecule has 1 saturated carbocycles. The largest absolute Gasteiger partial charge is 0.493 e. The highest BCUT2D eigenvalue weighted by atomic mass is 32.2. The fourth-order valence-corrected chi connectivity index (χ4v) is 5.94. The zero-order valence-corrected chi connectivity index (χ0v) is 21.4. The number of carbonyl (C=O) groups excluding carboxylic acids is 1. The molecule has 8 heteroatoms. The van der Waals surface area contributed by atoms with Crippen molar-refractivity contribution in [3.63, 3.8) is 0 Å². The Hall–Kier alpha value is -2.74. The fraction of sp³-hybridized carbons (Fsp3) is 0.500. The maximum absolute atomic E-state index is 13.8. The number of rotatable bonds is 8. The molecule has 0 aliphatic heterocycles. The summed E-state index contributed by atoms with van der Waals surface area (Å²) >= 11 is 0. The van der Waals surface area contributed by atoms with Crippen LogP contribution in [0, 0.1) is 13.8 Å². The first-order valence-corrected chi connectivity index (χ1v) is 13.3. The quantitative estimate of drug-likeness (QED) is 0.580. The summed E-state index contributed by atoms with van der Waals surface area (Å²) in [7, 11) is -1.11. The van der Waals surface area contributed by atoms with E-state index < -0.39 is 10.0 Å². The van der Waals surface area contributed by atoms with Gasteiger partial charge in [0.05, 0.1) is 24.8 Å². The number of carbonyl (C=O) groups is 1. The molecule has 0 spiro atoms. The van der Waals surface area contributed by atoms with Gasteiger partial charge in [0.2, 0.25) is 5.91 Å². The van der Waals surface area contributed by atoms with Crippen molar-refractivity contribution in [2.24, 2.45) is 0 Å². The molecule has 1 aliphatic carbocycles. The second kappa shape index (κ2) is 11.6. The number of amides is 1. The Labute approximate surface area is 203 Å². The molecule has 0 radical (unpaired) electrons. The van der Waals surface area contributed by atoms with Crippen LogP contribution in [0.15, 0.2) is 41.3 Å². The number of anilines is 1. The van der Waals surface area contributed by atoms with Crippen molar-refractivity contribution in [3.05, 3.63) is 47.5 Å². The van der Waals surface area contributed by atoms with Gasteiger partial charge in [0.25, 0.3) is 10.0 Å². The van der Waals surface area contributed by atoms with E-state index in [2.05, 4.69) is 5.32 Å². The molecule has 0 atom stereocenters. The summed E-state index contributed by atoms with van der Waals surface area (Å²) in [5.41, 5.74) is 2.30. The molecule has 2 aromatic rings. The van der Waals surface area contributed by atoms with Crippen molar-refractivity contribution < 1.29 is 22.7 Å². The lowest BCUT2D eigenvalue weighted by Crippen LogP contribution is -2.44. The van der Waals surface area contributed by atoms with Crippen LogP contribution in [0.25, 0.3) is 0 Å². The van der Waals surface area contributed by atoms with Crippen LogP contribution >= 0.6 is 0 Å². The average molecular weight is 489 g/mol. The van der Waals surface area contributed by atoms with Crippen molar-refractivity contribution in [1.82, 2.24) is 5.32 Å². The molecule has 0 saturated heterocycles. The van der Waals surface area contributed by atoms with Crippen molar-refractivity contribution in [3.8, 4) is 11.5 Å². The molecule has 186 valence electrons. The number of aryl methyl sites for hydroxylation is 2. The van der Waals surface area contributed by atoms with E-state index in [1.807, 2.05) is 19.9 Å². The monoisotopic (exact) mass is 488 g/mol. The maximum Gasteiger partial charge on any atom is 0.264 e. The molecular formula is C26H36N2O5S. The Morgan fingerprint density at radius 2 is 1.50 bits per heavy atom. The van der Waals surface area contributed by atoms with Crippen LogP contribution in [0.4, 0.5) is 5.69 Å². The molecule has 0 heterocycles. The number of sulfonamides is 1. The topological polar surface area (TPSA) is 84.9 Å². The molecule has 0 unspecified atom stereocenters. The van der Waals surface area contributed by atoms with E-state index in [1.54, 1.807) is 18.2 Å². The molecule has 0 aromatic heterocycles. The van der Waals surface area contributed by atoms with Gasteiger partial charge < -0.3 is 14.8 Å². The van der Waals surface area contributed by atoms with Gasteiger partial charge in [-0.3, -0.25) is 9.10 Å². The van der Waals surface area contributed by atoms with Crippen LogP contribution in [-0.2, 0) is 14.8 Å². The second-order valence-electron chi connectivity index (χ2n) is 8.98. The predicted octanol–water partition coefficient (Wildman–Crippen LogP) is 4.75. The first-order chi connectivity index (χ1) is 16.2. The third kappa shape index (κ3) is 6.44. The zero-order chi connectivity index (χ0) is 24.7. The Morgan fingerprint density at radius 1 is 0.912 bits per heavy atom. The van der Waals surface area contributed by atoms with E-state index in [1.165, 1.54) is 49.9 Å². The minimum Gasteiger partial charge on any atom is -0.493 e. The molecule has 1 amide bonds. The molecule has 34 heavy (non-hydrogen) atoms. The minimum absolute atomic E-state index is 0.0306. The minimum atomic E-state index is -4.06. The summed E-state index contributed by atoms with van der Waals surface area (Å²) < 4.78 is 39.4. The molecule has 1 fully saturated rings. The van der Waals surface area contributed by atoms with Gasteiger partial charge in [0.1, 0.15) is 6.54 Å². The number of nitrogens with zero attached hydrogens (tertiary/aromatic N) is 1. The van der Waals surface area contributed by atoms with Crippen molar-refractivity contribution in [2.45, 2.75) is 69.7 Å². The normalized spacial score (nSPS) is 15.2. The van der Waals surface area contributed by atoms with Gasteiger partial charge >= 0.3 is 0 Å². The molecular weight excluding hydrogens is 452 g/mol. The summed E-state index contributed by atoms with van der Waals surface area (Å²) in [6.07, 6.45) is 7.61. The maximum atomic E-state index is 13.8. The lowest BCUT2D eigenvalue weighted by atomic mass is 9.97. The highest BCUT2D eigenvalue weighted by Gasteiger charge is 2.29. The number of hydrogen-bond donors (Lipinski definition) is 1. The van der Waals surface area contributed by atoms with Gasteiger partial charge in [-0.1, -0.05) is 38.2 Å². The lowest BCUT2D eigenvalue weighted by Gasteiger charge is -2.27. The van der Waals surface area contributed by atoms with E-state index in [9.17, 15) is 13.2 Å². The number of hydrogen-bond acceptors (Lipinski definition) is 5. The summed E-state index contributed by atoms with van der Waals surface area (Å²) in [4.78, 5) is 13.1. The second-order valence-corrected chi connectivity index (χ2v) is 10.8. The van der Waals surface area contributed by atoms with Crippen molar-refractivity contribution in [2.75, 3.05) is 25.1 Å². The summed E-state index contributed by atoms with van der Waals surface area (Å²) in [5.74, 6) is 0.443. The first kappa shape index (κ1) is 25.9. The smallest absolute Gasteiger partial charge is 0.264 e. The molecule has 0 bridgehead atoms. The van der Waals surface area contributed by atoms with Gasteiger partial charge in [-0.05, 0) is 62.1 Å². The van der Waals surface area contributed by atoms with Crippen molar-refractivity contribution >= 4 is 21.6 Å². The van der Waals surface area contributed by atoms with E-state index in [0.717, 1.165) is 36.8 Å². The van der Waals surface area contributed by atoms with Crippen LogP contribution in [0.2, 0.25) is 0 Å². The summed E-state index contributed by atoms with van der Waals surface area (Å²) in [6, 6.07) is 10.1. The summed E-state index contributed by atoms with van der Waals surface area (Å²) in [6.45, 7) is 3.52. The van der Waals surface area contributed by atoms with E-state index >= 15 is 0 Å². The molecule has 1 N–H and O–H groups in total. The number of benzene rings is 2. The van der Waals surface area contributed by atoms with Crippen LogP contribution in [0.1, 0.15) is 56.1 Å².